The van der Waals surface area contributed by atoms with Crippen LogP contribution in [-0.2, 0) is 0 Å². The first-order valence-electron chi connectivity index (χ1n) is 6.00. The number of benzene rings is 1. The monoisotopic (exact) mass is 279 g/mol. The van der Waals surface area contributed by atoms with Crippen LogP contribution in [-0.4, -0.2) is 24.3 Å². The van der Waals surface area contributed by atoms with Gasteiger partial charge in [0, 0.05) is 6.07 Å². The maximum atomic E-state index is 12.7. The minimum Gasteiger partial charge on any atom is -0.492 e. The standard InChI is InChI=1S/C13H14FN3O3/c1-9-8-12(17-20-9)16-13(18)15-6-7-19-11-4-2-10(14)3-5-11/h2-5,8H,6-7H2,1H3,(H2,15,16,17,18). The minimum absolute atomic E-state index is 0.275. The molecule has 1 aromatic carbocycles. The molecule has 1 heterocycles. The summed E-state index contributed by atoms with van der Waals surface area (Å²) in [6.07, 6.45) is 0. The van der Waals surface area contributed by atoms with Crippen LogP contribution >= 0.6 is 0 Å². The number of hydrogen-bond donors (Lipinski definition) is 2. The lowest BCUT2D eigenvalue weighted by Crippen LogP contribution is -2.32. The molecular weight excluding hydrogens is 265 g/mol. The zero-order valence-electron chi connectivity index (χ0n) is 10.9. The van der Waals surface area contributed by atoms with Crippen LogP contribution in [0.3, 0.4) is 0 Å². The number of carbonyl (C=O) groups is 1. The van der Waals surface area contributed by atoms with Crippen molar-refractivity contribution >= 4 is 11.8 Å². The largest absolute Gasteiger partial charge is 0.492 e. The van der Waals surface area contributed by atoms with Crippen molar-refractivity contribution in [2.45, 2.75) is 6.92 Å². The first-order chi connectivity index (χ1) is 9.63. The van der Waals surface area contributed by atoms with Gasteiger partial charge in [0.25, 0.3) is 0 Å². The Balaban J connectivity index is 1.65. The van der Waals surface area contributed by atoms with Gasteiger partial charge in [-0.25, -0.2) is 9.18 Å². The molecule has 7 heteroatoms. The van der Waals surface area contributed by atoms with E-state index in [9.17, 15) is 9.18 Å². The molecule has 0 atom stereocenters. The fraction of sp³-hybridized carbons (Fsp3) is 0.231. The average molecular weight is 279 g/mol. The summed E-state index contributed by atoms with van der Waals surface area (Å²) in [5, 5.41) is 8.73. The third-order valence-corrected chi connectivity index (χ3v) is 2.34. The number of amides is 2. The summed E-state index contributed by atoms with van der Waals surface area (Å²) in [4.78, 5) is 11.5. The first kappa shape index (κ1) is 13.9. The number of aryl methyl sites for hydroxylation is 1. The summed E-state index contributed by atoms with van der Waals surface area (Å²) in [5.41, 5.74) is 0. The fourth-order valence-corrected chi connectivity index (χ4v) is 1.45. The molecule has 2 amide bonds. The van der Waals surface area contributed by atoms with Crippen LogP contribution in [0.1, 0.15) is 5.76 Å². The normalized spacial score (nSPS) is 10.1. The van der Waals surface area contributed by atoms with Crippen LogP contribution in [0.2, 0.25) is 0 Å². The maximum absolute atomic E-state index is 12.7. The van der Waals surface area contributed by atoms with Crippen molar-refractivity contribution < 1.29 is 18.4 Å². The molecule has 1 aromatic heterocycles. The molecule has 0 fully saturated rings. The molecule has 106 valence electrons. The fourth-order valence-electron chi connectivity index (χ4n) is 1.45. The number of carbonyl (C=O) groups excluding carboxylic acids is 1. The highest BCUT2D eigenvalue weighted by atomic mass is 19.1. The van der Waals surface area contributed by atoms with Crippen LogP contribution in [0.4, 0.5) is 15.0 Å². The summed E-state index contributed by atoms with van der Waals surface area (Å²) in [6, 6.07) is 6.86. The van der Waals surface area contributed by atoms with E-state index in [1.807, 2.05) is 0 Å². The van der Waals surface area contributed by atoms with Crippen molar-refractivity contribution in [3.63, 3.8) is 0 Å². The van der Waals surface area contributed by atoms with Crippen molar-refractivity contribution in [3.05, 3.63) is 41.9 Å². The molecule has 0 spiro atoms. The topological polar surface area (TPSA) is 76.4 Å². The van der Waals surface area contributed by atoms with E-state index in [0.29, 0.717) is 23.9 Å². The lowest BCUT2D eigenvalue weighted by Gasteiger charge is -2.07. The molecule has 2 rings (SSSR count). The number of hydrogen-bond acceptors (Lipinski definition) is 4. The van der Waals surface area contributed by atoms with Crippen LogP contribution in [0.15, 0.2) is 34.9 Å². The number of urea groups is 1. The van der Waals surface area contributed by atoms with Gasteiger partial charge in [-0.3, -0.25) is 5.32 Å². The number of nitrogens with zero attached hydrogens (tertiary/aromatic N) is 1. The average Bonchev–Trinajstić information content (AvgIpc) is 2.82. The molecule has 0 radical (unpaired) electrons. The molecule has 0 aliphatic carbocycles. The Bertz CT molecular complexity index is 568. The minimum atomic E-state index is -0.402. The summed E-state index contributed by atoms with van der Waals surface area (Å²) in [6.45, 7) is 2.31. The van der Waals surface area contributed by atoms with Crippen molar-refractivity contribution in [2.75, 3.05) is 18.5 Å². The first-order valence-corrected chi connectivity index (χ1v) is 6.00. The lowest BCUT2D eigenvalue weighted by atomic mass is 10.3. The highest BCUT2D eigenvalue weighted by Gasteiger charge is 2.04. The van der Waals surface area contributed by atoms with E-state index < -0.39 is 6.03 Å². The Labute approximate surface area is 114 Å². The van der Waals surface area contributed by atoms with Crippen molar-refractivity contribution in [2.24, 2.45) is 0 Å². The predicted molar refractivity (Wildman–Crippen MR) is 70.2 cm³/mol. The Morgan fingerprint density at radius 3 is 2.80 bits per heavy atom. The van der Waals surface area contributed by atoms with Gasteiger partial charge in [-0.15, -0.1) is 0 Å². The molecule has 0 aliphatic rings. The second kappa shape index (κ2) is 6.55. The van der Waals surface area contributed by atoms with E-state index in [1.165, 1.54) is 24.3 Å². The Kier molecular flexibility index (Phi) is 4.54. The van der Waals surface area contributed by atoms with E-state index >= 15 is 0 Å². The summed E-state index contributed by atoms with van der Waals surface area (Å²) in [5.74, 6) is 1.18. The summed E-state index contributed by atoms with van der Waals surface area (Å²) >= 11 is 0. The number of aromatic nitrogens is 1. The van der Waals surface area contributed by atoms with E-state index in [4.69, 9.17) is 9.26 Å². The van der Waals surface area contributed by atoms with Gasteiger partial charge >= 0.3 is 6.03 Å². The van der Waals surface area contributed by atoms with Crippen LogP contribution in [0, 0.1) is 12.7 Å². The Morgan fingerprint density at radius 2 is 2.15 bits per heavy atom. The van der Waals surface area contributed by atoms with E-state index in [2.05, 4.69) is 15.8 Å². The van der Waals surface area contributed by atoms with E-state index in [0.717, 1.165) is 0 Å². The second-order valence-corrected chi connectivity index (χ2v) is 4.01. The maximum Gasteiger partial charge on any atom is 0.320 e. The van der Waals surface area contributed by atoms with Crippen molar-refractivity contribution in [1.29, 1.82) is 0 Å². The smallest absolute Gasteiger partial charge is 0.320 e. The zero-order valence-corrected chi connectivity index (χ0v) is 10.9. The van der Waals surface area contributed by atoms with Gasteiger partial charge in [0.15, 0.2) is 5.82 Å². The summed E-state index contributed by atoms with van der Waals surface area (Å²) in [7, 11) is 0. The van der Waals surface area contributed by atoms with Crippen LogP contribution in [0.5, 0.6) is 5.75 Å². The third-order valence-electron chi connectivity index (χ3n) is 2.34. The van der Waals surface area contributed by atoms with Gasteiger partial charge in [-0.1, -0.05) is 5.16 Å². The molecule has 0 unspecified atom stereocenters. The quantitative estimate of drug-likeness (QED) is 0.823. The Hall–Kier alpha value is -2.57. The highest BCUT2D eigenvalue weighted by Crippen LogP contribution is 2.10. The molecular formula is C13H14FN3O3. The number of anilines is 1. The van der Waals surface area contributed by atoms with Crippen molar-refractivity contribution in [3.8, 4) is 5.75 Å². The number of nitrogens with one attached hydrogen (secondary N) is 2. The molecule has 2 N–H and O–H groups in total. The van der Waals surface area contributed by atoms with Gasteiger partial charge in [-0.05, 0) is 31.2 Å². The van der Waals surface area contributed by atoms with E-state index in [-0.39, 0.29) is 12.4 Å². The molecule has 6 nitrogen and oxygen atoms in total. The second-order valence-electron chi connectivity index (χ2n) is 4.01. The molecule has 20 heavy (non-hydrogen) atoms. The van der Waals surface area contributed by atoms with Crippen molar-refractivity contribution in [1.82, 2.24) is 10.5 Å². The van der Waals surface area contributed by atoms with Gasteiger partial charge in [0.05, 0.1) is 6.54 Å². The van der Waals surface area contributed by atoms with E-state index in [1.54, 1.807) is 13.0 Å². The van der Waals surface area contributed by atoms with Gasteiger partial charge < -0.3 is 14.6 Å². The highest BCUT2D eigenvalue weighted by molar-refractivity contribution is 5.88. The Morgan fingerprint density at radius 1 is 1.40 bits per heavy atom. The third kappa shape index (κ3) is 4.27. The molecule has 0 bridgehead atoms. The van der Waals surface area contributed by atoms with Crippen LogP contribution in [0.25, 0.3) is 0 Å². The number of ether oxygens (including phenoxy) is 1. The lowest BCUT2D eigenvalue weighted by molar-refractivity contribution is 0.247. The molecule has 0 saturated heterocycles. The zero-order chi connectivity index (χ0) is 14.4. The molecule has 0 aliphatic heterocycles. The molecule has 0 saturated carbocycles. The SMILES string of the molecule is Cc1cc(NC(=O)NCCOc2ccc(F)cc2)no1. The van der Waals surface area contributed by atoms with Gasteiger partial charge in [0.1, 0.15) is 23.9 Å². The molecule has 2 aromatic rings. The summed E-state index contributed by atoms with van der Waals surface area (Å²) < 4.78 is 22.8. The predicted octanol–water partition coefficient (Wildman–Crippen LogP) is 2.32. The van der Waals surface area contributed by atoms with Gasteiger partial charge in [0.2, 0.25) is 0 Å². The number of halogens is 1. The van der Waals surface area contributed by atoms with Crippen LogP contribution < -0.4 is 15.4 Å². The van der Waals surface area contributed by atoms with Gasteiger partial charge in [-0.2, -0.15) is 0 Å². The number of rotatable bonds is 5.